The number of methoxy groups -OCH3 is 1. The number of urea groups is 1. The molecule has 1 aromatic carbocycles. The molecule has 0 saturated heterocycles. The number of aromatic nitrogens is 4. The quantitative estimate of drug-likeness (QED) is 0.691. The number of hydrogen-bond donors (Lipinski definition) is 2. The molecule has 0 radical (unpaired) electrons. The number of carbonyl (C=O) groups is 1. The lowest BCUT2D eigenvalue weighted by Gasteiger charge is -2.19. The van der Waals surface area contributed by atoms with Gasteiger partial charge in [0, 0.05) is 38.5 Å². The Bertz CT molecular complexity index is 933. The van der Waals surface area contributed by atoms with Crippen molar-refractivity contribution in [2.45, 2.75) is 19.9 Å². The maximum absolute atomic E-state index is 12.5. The van der Waals surface area contributed by atoms with E-state index in [1.54, 1.807) is 31.0 Å². The van der Waals surface area contributed by atoms with Gasteiger partial charge in [0.25, 0.3) is 0 Å². The minimum atomic E-state index is -0.347. The van der Waals surface area contributed by atoms with Crippen LogP contribution in [0.25, 0.3) is 11.5 Å². The minimum Gasteiger partial charge on any atom is -0.421 e. The first-order chi connectivity index (χ1) is 13.0. The van der Waals surface area contributed by atoms with Crippen LogP contribution in [0.3, 0.4) is 0 Å². The van der Waals surface area contributed by atoms with Gasteiger partial charge in [0.05, 0.1) is 18.3 Å². The van der Waals surface area contributed by atoms with Crippen LogP contribution in [0.2, 0.25) is 0 Å². The zero-order valence-corrected chi connectivity index (χ0v) is 15.7. The number of hydrogen-bond acceptors (Lipinski definition) is 6. The van der Waals surface area contributed by atoms with Gasteiger partial charge in [0.15, 0.2) is 0 Å². The largest absolute Gasteiger partial charge is 0.421 e. The lowest BCUT2D eigenvalue weighted by Crippen LogP contribution is -2.36. The second-order valence-electron chi connectivity index (χ2n) is 6.14. The molecule has 2 amide bonds. The predicted octanol–water partition coefficient (Wildman–Crippen LogP) is 2.60. The fourth-order valence-corrected chi connectivity index (χ4v) is 2.71. The lowest BCUT2D eigenvalue weighted by atomic mass is 10.1. The molecule has 3 aromatic rings. The average Bonchev–Trinajstić information content (AvgIpc) is 3.25. The molecule has 0 unspecified atom stereocenters. The van der Waals surface area contributed by atoms with Gasteiger partial charge >= 0.3 is 6.03 Å². The zero-order chi connectivity index (χ0) is 19.4. The van der Waals surface area contributed by atoms with Gasteiger partial charge < -0.3 is 19.8 Å². The van der Waals surface area contributed by atoms with E-state index in [0.29, 0.717) is 24.1 Å². The summed E-state index contributed by atoms with van der Waals surface area (Å²) in [6.07, 6.45) is 1.68. The Kier molecular flexibility index (Phi) is 5.51. The number of nitrogens with one attached hydrogen (secondary N) is 2. The van der Waals surface area contributed by atoms with Crippen LogP contribution in [0.4, 0.5) is 10.5 Å². The number of anilines is 1. The van der Waals surface area contributed by atoms with Crippen LogP contribution in [0.5, 0.6) is 0 Å². The van der Waals surface area contributed by atoms with Gasteiger partial charge in [-0.2, -0.15) is 5.10 Å². The Morgan fingerprint density at radius 2 is 2.11 bits per heavy atom. The van der Waals surface area contributed by atoms with Crippen LogP contribution >= 0.6 is 0 Å². The summed E-state index contributed by atoms with van der Waals surface area (Å²) in [7, 11) is 3.40. The number of aryl methyl sites for hydroxylation is 3. The van der Waals surface area contributed by atoms with Gasteiger partial charge in [-0.1, -0.05) is 6.07 Å². The van der Waals surface area contributed by atoms with Crippen molar-refractivity contribution in [2.75, 3.05) is 19.0 Å². The zero-order valence-electron chi connectivity index (χ0n) is 15.7. The molecule has 0 bridgehead atoms. The molecule has 0 aliphatic rings. The molecular weight excluding hydrogens is 348 g/mol. The Balaban J connectivity index is 1.76. The molecule has 2 N–H and O–H groups in total. The minimum absolute atomic E-state index is 0.327. The third-order valence-corrected chi connectivity index (χ3v) is 4.11. The first kappa shape index (κ1) is 18.6. The Hall–Kier alpha value is -3.20. The molecule has 1 atom stereocenters. The van der Waals surface area contributed by atoms with E-state index in [9.17, 15) is 4.79 Å². The van der Waals surface area contributed by atoms with Crippen LogP contribution in [0.1, 0.15) is 23.2 Å². The molecule has 2 aromatic heterocycles. The average molecular weight is 370 g/mol. The fraction of sp³-hybridized carbons (Fsp3) is 0.333. The number of carbonyl (C=O) groups excluding carboxylic acids is 1. The van der Waals surface area contributed by atoms with Gasteiger partial charge in [-0.3, -0.25) is 4.68 Å². The molecule has 27 heavy (non-hydrogen) atoms. The standard InChI is InChI=1S/C18H22N6O3/c1-11-5-6-13(17-23-22-12(2)27-17)9-14(11)20-18(25)21-15(10-26-4)16-7-8-19-24(16)3/h5-9,15H,10H2,1-4H3,(H2,20,21,25)/t15-/m1/s1. The van der Waals surface area contributed by atoms with Crippen molar-refractivity contribution in [3.63, 3.8) is 0 Å². The maximum atomic E-state index is 12.5. The van der Waals surface area contributed by atoms with E-state index in [1.807, 2.05) is 32.2 Å². The first-order valence-electron chi connectivity index (χ1n) is 8.43. The van der Waals surface area contributed by atoms with Gasteiger partial charge in [0.1, 0.15) is 0 Å². The van der Waals surface area contributed by atoms with Crippen LogP contribution in [0, 0.1) is 13.8 Å². The molecule has 0 saturated carbocycles. The van der Waals surface area contributed by atoms with Gasteiger partial charge in [-0.25, -0.2) is 4.79 Å². The SMILES string of the molecule is COC[C@@H](NC(=O)Nc1cc(-c2nnc(C)o2)ccc1C)c1ccnn1C. The number of nitrogens with zero attached hydrogens (tertiary/aromatic N) is 4. The molecule has 9 nitrogen and oxygen atoms in total. The van der Waals surface area contributed by atoms with Crippen LogP contribution in [-0.4, -0.2) is 39.7 Å². The lowest BCUT2D eigenvalue weighted by molar-refractivity contribution is 0.165. The van der Waals surface area contributed by atoms with Crippen molar-refractivity contribution in [1.82, 2.24) is 25.3 Å². The fourth-order valence-electron chi connectivity index (χ4n) is 2.71. The smallest absolute Gasteiger partial charge is 0.319 e. The summed E-state index contributed by atoms with van der Waals surface area (Å²) in [4.78, 5) is 12.5. The van der Waals surface area contributed by atoms with Crippen LogP contribution in [0.15, 0.2) is 34.9 Å². The van der Waals surface area contributed by atoms with Crippen molar-refractivity contribution >= 4 is 11.7 Å². The molecule has 0 aliphatic carbocycles. The van der Waals surface area contributed by atoms with Crippen LogP contribution in [-0.2, 0) is 11.8 Å². The molecule has 0 fully saturated rings. The summed E-state index contributed by atoms with van der Waals surface area (Å²) in [6.45, 7) is 3.96. The highest BCUT2D eigenvalue weighted by Gasteiger charge is 2.18. The number of amides is 2. The van der Waals surface area contributed by atoms with E-state index in [4.69, 9.17) is 9.15 Å². The second-order valence-corrected chi connectivity index (χ2v) is 6.14. The summed E-state index contributed by atoms with van der Waals surface area (Å²) in [5.74, 6) is 0.888. The Morgan fingerprint density at radius 3 is 2.74 bits per heavy atom. The number of rotatable bonds is 6. The van der Waals surface area contributed by atoms with Crippen molar-refractivity contribution in [2.24, 2.45) is 7.05 Å². The highest BCUT2D eigenvalue weighted by Crippen LogP contribution is 2.24. The van der Waals surface area contributed by atoms with Gasteiger partial charge in [-0.15, -0.1) is 10.2 Å². The molecule has 0 spiro atoms. The molecule has 9 heteroatoms. The summed E-state index contributed by atoms with van der Waals surface area (Å²) < 4.78 is 12.4. The summed E-state index contributed by atoms with van der Waals surface area (Å²) in [6, 6.07) is 6.72. The van der Waals surface area contributed by atoms with E-state index < -0.39 is 0 Å². The van der Waals surface area contributed by atoms with Gasteiger partial charge in [0.2, 0.25) is 11.8 Å². The second kappa shape index (κ2) is 8.00. The molecule has 142 valence electrons. The van der Waals surface area contributed by atoms with E-state index in [1.165, 1.54) is 0 Å². The van der Waals surface area contributed by atoms with Crippen LogP contribution < -0.4 is 10.6 Å². The molecule has 3 rings (SSSR count). The Morgan fingerprint density at radius 1 is 1.30 bits per heavy atom. The van der Waals surface area contributed by atoms with E-state index in [0.717, 1.165) is 16.8 Å². The van der Waals surface area contributed by atoms with Crippen molar-refractivity contribution in [3.8, 4) is 11.5 Å². The Labute approximate surface area is 156 Å². The van der Waals surface area contributed by atoms with E-state index in [-0.39, 0.29) is 12.1 Å². The predicted molar refractivity (Wildman–Crippen MR) is 99.2 cm³/mol. The third-order valence-electron chi connectivity index (χ3n) is 4.11. The van der Waals surface area contributed by atoms with Crippen molar-refractivity contribution < 1.29 is 13.9 Å². The highest BCUT2D eigenvalue weighted by molar-refractivity contribution is 5.91. The van der Waals surface area contributed by atoms with E-state index in [2.05, 4.69) is 25.9 Å². The summed E-state index contributed by atoms with van der Waals surface area (Å²) in [5.41, 5.74) is 3.14. The normalized spacial score (nSPS) is 12.0. The van der Waals surface area contributed by atoms with Gasteiger partial charge in [-0.05, 0) is 30.7 Å². The summed E-state index contributed by atoms with van der Waals surface area (Å²) in [5, 5.41) is 17.8. The third kappa shape index (κ3) is 4.32. The topological polar surface area (TPSA) is 107 Å². The molecule has 2 heterocycles. The molecule has 0 aliphatic heterocycles. The highest BCUT2D eigenvalue weighted by atomic mass is 16.5. The monoisotopic (exact) mass is 370 g/mol. The van der Waals surface area contributed by atoms with Crippen molar-refractivity contribution in [1.29, 1.82) is 0 Å². The molecular formula is C18H22N6O3. The van der Waals surface area contributed by atoms with Crippen molar-refractivity contribution in [3.05, 3.63) is 47.6 Å². The first-order valence-corrected chi connectivity index (χ1v) is 8.43. The van der Waals surface area contributed by atoms with E-state index >= 15 is 0 Å². The number of ether oxygens (including phenoxy) is 1. The summed E-state index contributed by atoms with van der Waals surface area (Å²) >= 11 is 0. The maximum Gasteiger partial charge on any atom is 0.319 e. The number of benzene rings is 1.